The van der Waals surface area contributed by atoms with Crippen LogP contribution in [-0.2, 0) is 4.74 Å². The summed E-state index contributed by atoms with van der Waals surface area (Å²) in [6, 6.07) is 5.44. The molecule has 0 saturated carbocycles. The molecule has 110 valence electrons. The fraction of sp³-hybridized carbons (Fsp3) is 0.500. The third-order valence-electron chi connectivity index (χ3n) is 4.72. The van der Waals surface area contributed by atoms with Crippen LogP contribution in [0.3, 0.4) is 0 Å². The number of aromatic nitrogens is 3. The molecule has 0 radical (unpaired) electrons. The van der Waals surface area contributed by atoms with Crippen LogP contribution in [0.5, 0.6) is 0 Å². The zero-order chi connectivity index (χ0) is 14.4. The number of ether oxygens (including phenoxy) is 1. The Morgan fingerprint density at radius 1 is 1.52 bits per heavy atom. The van der Waals surface area contributed by atoms with E-state index >= 15 is 0 Å². The zero-order valence-electron chi connectivity index (χ0n) is 11.8. The fourth-order valence-corrected chi connectivity index (χ4v) is 3.47. The Hall–Kier alpha value is -1.99. The van der Waals surface area contributed by atoms with E-state index in [1.165, 1.54) is 0 Å². The van der Waals surface area contributed by atoms with Gasteiger partial charge in [-0.15, -0.1) is 5.10 Å². The molecule has 2 aliphatic rings. The molecule has 2 saturated heterocycles. The van der Waals surface area contributed by atoms with E-state index in [1.54, 1.807) is 13.2 Å². The molecule has 7 nitrogen and oxygen atoms in total. The molecule has 3 heterocycles. The topological polar surface area (TPSA) is 83.1 Å². The van der Waals surface area contributed by atoms with Crippen LogP contribution >= 0.6 is 0 Å². The fourth-order valence-electron chi connectivity index (χ4n) is 3.47. The maximum absolute atomic E-state index is 12.7. The van der Waals surface area contributed by atoms with Gasteiger partial charge in [0.05, 0.1) is 12.1 Å². The van der Waals surface area contributed by atoms with E-state index in [9.17, 15) is 4.79 Å². The molecule has 1 amide bonds. The van der Waals surface area contributed by atoms with Crippen LogP contribution in [0, 0.1) is 5.92 Å². The van der Waals surface area contributed by atoms with Crippen LogP contribution in [-0.4, -0.2) is 65.1 Å². The van der Waals surface area contributed by atoms with Gasteiger partial charge in [0.25, 0.3) is 5.91 Å². The molecule has 21 heavy (non-hydrogen) atoms. The lowest BCUT2D eigenvalue weighted by atomic mass is 9.95. The number of methoxy groups -OCH3 is 1. The highest BCUT2D eigenvalue weighted by Gasteiger charge is 2.51. The van der Waals surface area contributed by atoms with E-state index in [-0.39, 0.29) is 11.5 Å². The Balaban J connectivity index is 1.60. The van der Waals surface area contributed by atoms with Gasteiger partial charge in [-0.2, -0.15) is 0 Å². The maximum Gasteiger partial charge on any atom is 0.254 e. The molecular formula is C14H17N5O2. The number of hydrogen-bond acceptors (Lipinski definition) is 5. The summed E-state index contributed by atoms with van der Waals surface area (Å²) >= 11 is 0. The summed E-state index contributed by atoms with van der Waals surface area (Å²) in [5, 5.41) is 13.8. The molecule has 4 rings (SSSR count). The third-order valence-corrected chi connectivity index (χ3v) is 4.72. The van der Waals surface area contributed by atoms with Crippen LogP contribution in [0.15, 0.2) is 18.2 Å². The molecule has 2 aliphatic heterocycles. The van der Waals surface area contributed by atoms with Crippen LogP contribution in [0.1, 0.15) is 10.4 Å². The van der Waals surface area contributed by atoms with Crippen molar-refractivity contribution < 1.29 is 9.53 Å². The SMILES string of the molecule is CO[C@@]12CNC[C@H]1CN(C(=O)c1ccc3[nH]nnc3c1)C2. The second-order valence-electron chi connectivity index (χ2n) is 5.83. The number of nitrogens with zero attached hydrogens (tertiary/aromatic N) is 3. The van der Waals surface area contributed by atoms with Gasteiger partial charge in [-0.25, -0.2) is 0 Å². The van der Waals surface area contributed by atoms with Gasteiger partial charge in [-0.05, 0) is 18.2 Å². The van der Waals surface area contributed by atoms with Crippen LogP contribution < -0.4 is 5.32 Å². The van der Waals surface area contributed by atoms with Crippen molar-refractivity contribution in [3.8, 4) is 0 Å². The second-order valence-corrected chi connectivity index (χ2v) is 5.83. The van der Waals surface area contributed by atoms with Crippen molar-refractivity contribution in [3.63, 3.8) is 0 Å². The molecular weight excluding hydrogens is 270 g/mol. The van der Waals surface area contributed by atoms with Crippen molar-refractivity contribution in [1.29, 1.82) is 0 Å². The molecule has 0 aliphatic carbocycles. The van der Waals surface area contributed by atoms with E-state index < -0.39 is 0 Å². The standard InChI is InChI=1S/C14H17N5O2/c1-21-14-7-15-5-10(14)6-19(8-14)13(20)9-2-3-11-12(4-9)17-18-16-11/h2-4,10,15H,5-8H2,1H3,(H,16,17,18)/t10-,14+/m0/s1. The number of hydrogen-bond donors (Lipinski definition) is 2. The zero-order valence-corrected chi connectivity index (χ0v) is 11.8. The molecule has 2 atom stereocenters. The Bertz CT molecular complexity index is 699. The number of amides is 1. The molecule has 7 heteroatoms. The summed E-state index contributed by atoms with van der Waals surface area (Å²) in [7, 11) is 1.73. The number of carbonyl (C=O) groups is 1. The van der Waals surface area contributed by atoms with E-state index in [0.717, 1.165) is 25.2 Å². The molecule has 1 aromatic heterocycles. The minimum absolute atomic E-state index is 0.0331. The van der Waals surface area contributed by atoms with Gasteiger partial charge < -0.3 is 15.0 Å². The highest BCUT2D eigenvalue weighted by atomic mass is 16.5. The lowest BCUT2D eigenvalue weighted by molar-refractivity contribution is -0.00516. The quantitative estimate of drug-likeness (QED) is 0.813. The summed E-state index contributed by atoms with van der Waals surface area (Å²) in [6.07, 6.45) is 0. The Morgan fingerprint density at radius 3 is 3.24 bits per heavy atom. The van der Waals surface area contributed by atoms with Crippen molar-refractivity contribution in [2.75, 3.05) is 33.3 Å². The first-order valence-corrected chi connectivity index (χ1v) is 7.08. The lowest BCUT2D eigenvalue weighted by Gasteiger charge is -2.26. The molecule has 1 aromatic carbocycles. The number of carbonyl (C=O) groups excluding carboxylic acids is 1. The van der Waals surface area contributed by atoms with Crippen molar-refractivity contribution in [3.05, 3.63) is 23.8 Å². The van der Waals surface area contributed by atoms with E-state index in [0.29, 0.717) is 23.5 Å². The number of likely N-dealkylation sites (tertiary alicyclic amines) is 1. The number of aromatic amines is 1. The summed E-state index contributed by atoms with van der Waals surface area (Å²) < 4.78 is 5.71. The molecule has 0 unspecified atom stereocenters. The van der Waals surface area contributed by atoms with Gasteiger partial charge in [0.2, 0.25) is 0 Å². The average Bonchev–Trinajstić information content (AvgIpc) is 3.18. The largest absolute Gasteiger partial charge is 0.375 e. The third kappa shape index (κ3) is 1.85. The number of rotatable bonds is 2. The van der Waals surface area contributed by atoms with Crippen molar-refractivity contribution >= 4 is 16.9 Å². The average molecular weight is 287 g/mol. The van der Waals surface area contributed by atoms with Crippen molar-refractivity contribution in [1.82, 2.24) is 25.6 Å². The van der Waals surface area contributed by atoms with E-state index in [4.69, 9.17) is 4.74 Å². The highest BCUT2D eigenvalue weighted by molar-refractivity contribution is 5.97. The van der Waals surface area contributed by atoms with E-state index in [1.807, 2.05) is 17.0 Å². The number of nitrogens with one attached hydrogen (secondary N) is 2. The predicted octanol–water partition coefficient (Wildman–Crippen LogP) is 0.0183. The summed E-state index contributed by atoms with van der Waals surface area (Å²) in [6.45, 7) is 3.08. The van der Waals surface area contributed by atoms with Crippen LogP contribution in [0.2, 0.25) is 0 Å². The molecule has 2 aromatic rings. The first-order valence-electron chi connectivity index (χ1n) is 7.08. The normalized spacial score (nSPS) is 28.2. The van der Waals surface area contributed by atoms with Gasteiger partial charge in [0.1, 0.15) is 11.1 Å². The van der Waals surface area contributed by atoms with Gasteiger partial charge in [0, 0.05) is 38.2 Å². The van der Waals surface area contributed by atoms with Gasteiger partial charge >= 0.3 is 0 Å². The first kappa shape index (κ1) is 12.7. The monoisotopic (exact) mass is 287 g/mol. The van der Waals surface area contributed by atoms with Crippen LogP contribution in [0.25, 0.3) is 11.0 Å². The minimum Gasteiger partial charge on any atom is -0.375 e. The maximum atomic E-state index is 12.7. The first-order chi connectivity index (χ1) is 10.2. The highest BCUT2D eigenvalue weighted by Crippen LogP contribution is 2.34. The van der Waals surface area contributed by atoms with Crippen molar-refractivity contribution in [2.24, 2.45) is 5.92 Å². The second kappa shape index (κ2) is 4.51. The van der Waals surface area contributed by atoms with Gasteiger partial charge in [-0.1, -0.05) is 5.21 Å². The number of fused-ring (bicyclic) bond motifs is 2. The Kier molecular flexibility index (Phi) is 2.73. The number of H-pyrrole nitrogens is 1. The molecule has 0 bridgehead atoms. The summed E-state index contributed by atoms with van der Waals surface area (Å²) in [5.41, 5.74) is 1.97. The lowest BCUT2D eigenvalue weighted by Crippen LogP contribution is -2.42. The summed E-state index contributed by atoms with van der Waals surface area (Å²) in [4.78, 5) is 14.6. The molecule has 2 N–H and O–H groups in total. The number of benzene rings is 1. The smallest absolute Gasteiger partial charge is 0.254 e. The Labute approximate surface area is 121 Å². The molecule has 2 fully saturated rings. The van der Waals surface area contributed by atoms with Crippen molar-refractivity contribution in [2.45, 2.75) is 5.60 Å². The van der Waals surface area contributed by atoms with Crippen LogP contribution in [0.4, 0.5) is 0 Å². The molecule has 0 spiro atoms. The van der Waals surface area contributed by atoms with Gasteiger partial charge in [0.15, 0.2) is 0 Å². The Morgan fingerprint density at radius 2 is 2.43 bits per heavy atom. The minimum atomic E-state index is -0.229. The van der Waals surface area contributed by atoms with Gasteiger partial charge in [-0.3, -0.25) is 9.89 Å². The summed E-state index contributed by atoms with van der Waals surface area (Å²) in [5.74, 6) is 0.396. The predicted molar refractivity (Wildman–Crippen MR) is 75.9 cm³/mol. The van der Waals surface area contributed by atoms with E-state index in [2.05, 4.69) is 20.7 Å².